The lowest BCUT2D eigenvalue weighted by Gasteiger charge is -2.21. The van der Waals surface area contributed by atoms with E-state index in [-0.39, 0.29) is 18.4 Å². The molecule has 0 unspecified atom stereocenters. The molecule has 0 aliphatic carbocycles. The lowest BCUT2D eigenvalue weighted by Crippen LogP contribution is -2.29. The van der Waals surface area contributed by atoms with Gasteiger partial charge < -0.3 is 20.5 Å². The fraction of sp³-hybridized carbons (Fsp3) is 0.310. The highest BCUT2D eigenvalue weighted by molar-refractivity contribution is 5.97. The number of benzene rings is 1. The number of allylic oxidation sites excluding steroid dienone is 1. The number of amides is 1. The Kier molecular flexibility index (Phi) is 9.76. The molecule has 1 aliphatic rings. The smallest absolute Gasteiger partial charge is 0.251 e. The number of nitriles is 1. The average Bonchev–Trinajstić information content (AvgIpc) is 2.93. The molecule has 0 saturated carbocycles. The van der Waals surface area contributed by atoms with Gasteiger partial charge in [-0.1, -0.05) is 31.2 Å². The minimum absolute atomic E-state index is 0.212. The number of carbonyl (C=O) groups is 1. The molecule has 0 spiro atoms. The highest BCUT2D eigenvalue weighted by atomic mass is 16.5. The van der Waals surface area contributed by atoms with E-state index in [2.05, 4.69) is 34.4 Å². The van der Waals surface area contributed by atoms with E-state index < -0.39 is 0 Å². The van der Waals surface area contributed by atoms with Crippen LogP contribution in [0.4, 0.5) is 0 Å². The minimum atomic E-state index is -0.362. The van der Waals surface area contributed by atoms with Crippen molar-refractivity contribution in [3.63, 3.8) is 0 Å². The van der Waals surface area contributed by atoms with Gasteiger partial charge in [-0.3, -0.25) is 14.8 Å². The van der Waals surface area contributed by atoms with Gasteiger partial charge in [0.2, 0.25) is 5.90 Å². The Labute approximate surface area is 217 Å². The first-order chi connectivity index (χ1) is 17.9. The van der Waals surface area contributed by atoms with Gasteiger partial charge in [-0.25, -0.2) is 0 Å². The van der Waals surface area contributed by atoms with Crippen LogP contribution in [0.3, 0.4) is 0 Å². The fourth-order valence-corrected chi connectivity index (χ4v) is 4.11. The molecular formula is C29H33N5O3. The Hall–Kier alpha value is -4.22. The molecule has 37 heavy (non-hydrogen) atoms. The summed E-state index contributed by atoms with van der Waals surface area (Å²) in [6, 6.07) is 9.63. The molecular weight excluding hydrogens is 466 g/mol. The van der Waals surface area contributed by atoms with Crippen molar-refractivity contribution in [2.24, 2.45) is 10.7 Å². The molecule has 0 bridgehead atoms. The monoisotopic (exact) mass is 499 g/mol. The minimum Gasteiger partial charge on any atom is -0.481 e. The van der Waals surface area contributed by atoms with Gasteiger partial charge >= 0.3 is 0 Å². The number of pyridine rings is 1. The lowest BCUT2D eigenvalue weighted by atomic mass is 9.92. The second-order valence-electron chi connectivity index (χ2n) is 8.54. The molecule has 0 fully saturated rings. The van der Waals surface area contributed by atoms with Crippen molar-refractivity contribution >= 4 is 24.0 Å². The molecule has 3 N–H and O–H groups in total. The van der Waals surface area contributed by atoms with Crippen molar-refractivity contribution < 1.29 is 14.3 Å². The van der Waals surface area contributed by atoms with Gasteiger partial charge in [-0.2, -0.15) is 5.26 Å². The molecule has 1 aromatic carbocycles. The second kappa shape index (κ2) is 13.2. The average molecular weight is 500 g/mol. The number of nitrogens with two attached hydrogens (primary N) is 1. The molecule has 0 saturated heterocycles. The summed E-state index contributed by atoms with van der Waals surface area (Å²) in [4.78, 5) is 21.5. The number of aliphatic imine (C=N–C) groups is 1. The van der Waals surface area contributed by atoms with Gasteiger partial charge in [-0.05, 0) is 58.7 Å². The fourth-order valence-electron chi connectivity index (χ4n) is 4.11. The van der Waals surface area contributed by atoms with Crippen LogP contribution in [-0.4, -0.2) is 37.6 Å². The number of carbonyl (C=O) groups excluding carboxylic acids is 1. The molecule has 1 aliphatic heterocycles. The third kappa shape index (κ3) is 6.72. The Bertz CT molecular complexity index is 1400. The van der Waals surface area contributed by atoms with Gasteiger partial charge in [0.05, 0.1) is 50.1 Å². The first kappa shape index (κ1) is 27.4. The maximum Gasteiger partial charge on any atom is 0.251 e. The summed E-state index contributed by atoms with van der Waals surface area (Å²) in [6.45, 7) is 5.09. The molecule has 8 heteroatoms. The molecule has 3 rings (SSSR count). The molecule has 2 heterocycles. The van der Waals surface area contributed by atoms with Gasteiger partial charge in [-0.15, -0.1) is 0 Å². The molecule has 8 nitrogen and oxygen atoms in total. The van der Waals surface area contributed by atoms with Crippen LogP contribution in [0, 0.1) is 11.3 Å². The number of aromatic nitrogens is 1. The number of ether oxygens (including phenoxy) is 2. The number of methoxy groups -OCH3 is 1. The lowest BCUT2D eigenvalue weighted by molar-refractivity contribution is 0.0945. The SMILES string of the molecule is CC\C=c1/cc(CNC(=O)c2ccc3c(c2)[C@H](C#N)COC3)nc/c1=C/C=C(C)/C(=C/N)C(=NC)OC. The van der Waals surface area contributed by atoms with E-state index in [1.165, 1.54) is 6.20 Å². The number of hydrogen-bond acceptors (Lipinski definition) is 7. The van der Waals surface area contributed by atoms with Crippen LogP contribution in [0.5, 0.6) is 0 Å². The van der Waals surface area contributed by atoms with E-state index in [1.807, 2.05) is 31.2 Å². The standard InChI is InChI=1S/C29H33N5O3/c1-5-6-20-11-25(33-15-22(20)8-7-19(2)27(14-31)29(32-3)36-4)16-34-28(35)21-9-10-23-17-37-18-24(13-30)26(23)12-21/h6-12,14-15,24H,5,16-18,31H2,1-4H3,(H,34,35)/b19-7+,20-6+,22-8-,27-14-,32-29?/t24-/m1/s1. The zero-order valence-electron chi connectivity index (χ0n) is 21.7. The normalized spacial score (nSPS) is 17.3. The first-order valence-corrected chi connectivity index (χ1v) is 12.1. The number of nitrogens with zero attached hydrogens (tertiary/aromatic N) is 3. The zero-order valence-corrected chi connectivity index (χ0v) is 21.7. The largest absolute Gasteiger partial charge is 0.481 e. The van der Waals surface area contributed by atoms with Crippen molar-refractivity contribution in [1.82, 2.24) is 10.3 Å². The second-order valence-corrected chi connectivity index (χ2v) is 8.54. The Morgan fingerprint density at radius 3 is 2.86 bits per heavy atom. The van der Waals surface area contributed by atoms with E-state index in [9.17, 15) is 10.1 Å². The number of fused-ring (bicyclic) bond motifs is 1. The summed E-state index contributed by atoms with van der Waals surface area (Å²) >= 11 is 0. The summed E-state index contributed by atoms with van der Waals surface area (Å²) in [7, 11) is 3.21. The summed E-state index contributed by atoms with van der Waals surface area (Å²) < 4.78 is 10.7. The van der Waals surface area contributed by atoms with Gasteiger partial charge in [0.1, 0.15) is 0 Å². The van der Waals surface area contributed by atoms with Gasteiger partial charge in [0.15, 0.2) is 0 Å². The molecule has 0 radical (unpaired) electrons. The maximum atomic E-state index is 12.8. The van der Waals surface area contributed by atoms with Crippen molar-refractivity contribution in [2.75, 3.05) is 20.8 Å². The number of hydrogen-bond donors (Lipinski definition) is 2. The predicted octanol–water partition coefficient (Wildman–Crippen LogP) is 2.58. The highest BCUT2D eigenvalue weighted by Gasteiger charge is 2.22. The van der Waals surface area contributed by atoms with Gasteiger partial charge in [0, 0.05) is 25.0 Å². The Morgan fingerprint density at radius 1 is 1.38 bits per heavy atom. The summed E-state index contributed by atoms with van der Waals surface area (Å²) in [6.07, 6.45) is 10.2. The van der Waals surface area contributed by atoms with Crippen LogP contribution in [0.1, 0.15) is 53.4 Å². The van der Waals surface area contributed by atoms with Crippen LogP contribution in [0.25, 0.3) is 12.2 Å². The summed E-state index contributed by atoms with van der Waals surface area (Å²) in [5.41, 5.74) is 10.5. The third-order valence-corrected chi connectivity index (χ3v) is 6.09. The number of rotatable bonds is 7. The topological polar surface area (TPSA) is 123 Å². The van der Waals surface area contributed by atoms with Crippen LogP contribution < -0.4 is 21.5 Å². The molecule has 2 aromatic rings. The molecule has 1 atom stereocenters. The Morgan fingerprint density at radius 2 is 2.19 bits per heavy atom. The van der Waals surface area contributed by atoms with Crippen LogP contribution in [0.2, 0.25) is 0 Å². The molecule has 192 valence electrons. The van der Waals surface area contributed by atoms with Crippen molar-refractivity contribution in [3.05, 3.63) is 86.7 Å². The van der Waals surface area contributed by atoms with Crippen LogP contribution >= 0.6 is 0 Å². The van der Waals surface area contributed by atoms with E-state index >= 15 is 0 Å². The van der Waals surface area contributed by atoms with E-state index in [1.54, 1.807) is 32.5 Å². The van der Waals surface area contributed by atoms with E-state index in [4.69, 9.17) is 15.2 Å². The van der Waals surface area contributed by atoms with Gasteiger partial charge in [0.25, 0.3) is 5.91 Å². The van der Waals surface area contributed by atoms with Crippen molar-refractivity contribution in [2.45, 2.75) is 39.3 Å². The molecule has 1 aromatic heterocycles. The maximum absolute atomic E-state index is 12.8. The van der Waals surface area contributed by atoms with Crippen molar-refractivity contribution in [3.8, 4) is 6.07 Å². The van der Waals surface area contributed by atoms with Crippen molar-refractivity contribution in [1.29, 1.82) is 5.26 Å². The summed E-state index contributed by atoms with van der Waals surface area (Å²) in [5, 5.41) is 14.3. The predicted molar refractivity (Wildman–Crippen MR) is 145 cm³/mol. The Balaban J connectivity index is 1.80. The summed E-state index contributed by atoms with van der Waals surface area (Å²) in [5.74, 6) is -0.112. The highest BCUT2D eigenvalue weighted by Crippen LogP contribution is 2.27. The van der Waals surface area contributed by atoms with E-state index in [0.29, 0.717) is 30.2 Å². The zero-order chi connectivity index (χ0) is 26.8. The first-order valence-electron chi connectivity index (χ1n) is 12.1. The van der Waals surface area contributed by atoms with E-state index in [0.717, 1.165) is 39.3 Å². The quantitative estimate of drug-likeness (QED) is 0.343. The number of nitrogens with one attached hydrogen (secondary N) is 1. The van der Waals surface area contributed by atoms with Crippen LogP contribution in [-0.2, 0) is 22.6 Å². The third-order valence-electron chi connectivity index (χ3n) is 6.09. The van der Waals surface area contributed by atoms with Crippen LogP contribution in [0.15, 0.2) is 58.9 Å². The molecule has 1 amide bonds.